The SMILES string of the molecule is CC(Sc1ccc(NC(=O)/C(=C/c2ccc([N+](=O)[O-])cc2)NC(=O)c2ccccc2)cc1)C(=O)Nc1cccc2c1C(=O)c1ccccc1C2=O. The van der Waals surface area contributed by atoms with Crippen molar-refractivity contribution in [3.63, 3.8) is 0 Å². The summed E-state index contributed by atoms with van der Waals surface area (Å²) in [5.41, 5.74) is 2.26. The van der Waals surface area contributed by atoms with E-state index in [2.05, 4.69) is 16.0 Å². The van der Waals surface area contributed by atoms with Crippen molar-refractivity contribution in [1.29, 1.82) is 0 Å². The fourth-order valence-electron chi connectivity index (χ4n) is 5.36. The molecule has 3 amide bonds. The number of ketones is 2. The quantitative estimate of drug-likeness (QED) is 0.0603. The van der Waals surface area contributed by atoms with E-state index in [-0.39, 0.29) is 45.7 Å². The lowest BCUT2D eigenvalue weighted by Gasteiger charge is -2.21. The number of nitro groups is 1. The Labute approximate surface area is 295 Å². The smallest absolute Gasteiger partial charge is 0.272 e. The fraction of sp³-hybridized carbons (Fsp3) is 0.0513. The zero-order chi connectivity index (χ0) is 36.1. The van der Waals surface area contributed by atoms with E-state index in [4.69, 9.17) is 0 Å². The Balaban J connectivity index is 1.13. The van der Waals surface area contributed by atoms with Gasteiger partial charge in [-0.25, -0.2) is 0 Å². The average Bonchev–Trinajstić information content (AvgIpc) is 3.14. The zero-order valence-electron chi connectivity index (χ0n) is 26.9. The summed E-state index contributed by atoms with van der Waals surface area (Å²) in [7, 11) is 0. The molecule has 1 unspecified atom stereocenters. The summed E-state index contributed by atoms with van der Waals surface area (Å²) in [5.74, 6) is -2.14. The predicted octanol–water partition coefficient (Wildman–Crippen LogP) is 6.90. The number of anilines is 2. The molecule has 0 radical (unpaired) electrons. The van der Waals surface area contributed by atoms with Crippen molar-refractivity contribution in [2.75, 3.05) is 10.6 Å². The van der Waals surface area contributed by atoms with E-state index < -0.39 is 22.0 Å². The zero-order valence-corrected chi connectivity index (χ0v) is 27.7. The van der Waals surface area contributed by atoms with Crippen LogP contribution in [0, 0.1) is 10.1 Å². The van der Waals surface area contributed by atoms with E-state index in [0.717, 1.165) is 0 Å². The number of nitrogens with zero attached hydrogens (tertiary/aromatic N) is 1. The monoisotopic (exact) mass is 696 g/mol. The molecule has 12 heteroatoms. The minimum absolute atomic E-state index is 0.0896. The summed E-state index contributed by atoms with van der Waals surface area (Å²) in [6, 6.07) is 32.0. The van der Waals surface area contributed by atoms with Crippen LogP contribution in [0.1, 0.15) is 54.7 Å². The maximum absolute atomic E-state index is 13.4. The molecule has 0 heterocycles. The summed E-state index contributed by atoms with van der Waals surface area (Å²) < 4.78 is 0. The summed E-state index contributed by atoms with van der Waals surface area (Å²) in [6.45, 7) is 1.71. The van der Waals surface area contributed by atoms with Crippen LogP contribution in [0.15, 0.2) is 132 Å². The van der Waals surface area contributed by atoms with E-state index in [1.165, 1.54) is 42.1 Å². The molecular weight excluding hydrogens is 669 g/mol. The number of carbonyl (C=O) groups is 5. The van der Waals surface area contributed by atoms with Gasteiger partial charge in [-0.2, -0.15) is 0 Å². The fourth-order valence-corrected chi connectivity index (χ4v) is 6.23. The Kier molecular flexibility index (Phi) is 9.96. The average molecular weight is 697 g/mol. The van der Waals surface area contributed by atoms with Crippen LogP contribution >= 0.6 is 11.8 Å². The van der Waals surface area contributed by atoms with Crippen molar-refractivity contribution in [2.45, 2.75) is 17.1 Å². The van der Waals surface area contributed by atoms with E-state index in [0.29, 0.717) is 32.8 Å². The van der Waals surface area contributed by atoms with Gasteiger partial charge in [-0.1, -0.05) is 54.6 Å². The Morgan fingerprint density at radius 1 is 0.725 bits per heavy atom. The molecule has 0 spiro atoms. The summed E-state index contributed by atoms with van der Waals surface area (Å²) >= 11 is 1.25. The third-order valence-electron chi connectivity index (χ3n) is 7.95. The van der Waals surface area contributed by atoms with Gasteiger partial charge in [0.2, 0.25) is 5.91 Å². The highest BCUT2D eigenvalue weighted by Gasteiger charge is 2.32. The number of nitrogens with one attached hydrogen (secondary N) is 3. The number of non-ortho nitro benzene ring substituents is 1. The maximum Gasteiger partial charge on any atom is 0.272 e. The summed E-state index contributed by atoms with van der Waals surface area (Å²) in [6.07, 6.45) is 1.41. The molecule has 0 aromatic heterocycles. The van der Waals surface area contributed by atoms with Gasteiger partial charge in [-0.15, -0.1) is 11.8 Å². The molecular formula is C39H28N4O7S. The van der Waals surface area contributed by atoms with Crippen LogP contribution in [0.25, 0.3) is 6.08 Å². The van der Waals surface area contributed by atoms with Crippen LogP contribution < -0.4 is 16.0 Å². The third kappa shape index (κ3) is 7.66. The van der Waals surface area contributed by atoms with Crippen molar-refractivity contribution in [1.82, 2.24) is 5.32 Å². The lowest BCUT2D eigenvalue weighted by Crippen LogP contribution is -2.30. The molecule has 1 aliphatic carbocycles. The number of thioether (sulfide) groups is 1. The molecule has 0 aliphatic heterocycles. The lowest BCUT2D eigenvalue weighted by molar-refractivity contribution is -0.384. The molecule has 0 fully saturated rings. The molecule has 5 aromatic rings. The molecule has 11 nitrogen and oxygen atoms in total. The van der Waals surface area contributed by atoms with E-state index in [1.807, 2.05) is 0 Å². The van der Waals surface area contributed by atoms with E-state index >= 15 is 0 Å². The van der Waals surface area contributed by atoms with Gasteiger partial charge < -0.3 is 16.0 Å². The number of amides is 3. The standard InChI is InChI=1S/C39H28N4O7S/c1-23(37(46)41-32-13-7-12-31-34(32)36(45)30-11-6-5-10-29(30)35(31)44)51-28-20-16-26(17-21-28)40-39(48)33(42-38(47)25-8-3-2-4-9-25)22-24-14-18-27(19-15-24)43(49)50/h2-23H,1H3,(H,40,48)(H,41,46)(H,42,47)/b33-22-. The normalized spacial score (nSPS) is 12.6. The lowest BCUT2D eigenvalue weighted by atomic mass is 9.83. The number of rotatable bonds is 10. The topological polar surface area (TPSA) is 165 Å². The van der Waals surface area contributed by atoms with Crippen LogP contribution in [-0.4, -0.2) is 39.5 Å². The Morgan fingerprint density at radius 2 is 1.35 bits per heavy atom. The second-order valence-electron chi connectivity index (χ2n) is 11.4. The maximum atomic E-state index is 13.4. The minimum Gasteiger partial charge on any atom is -0.324 e. The van der Waals surface area contributed by atoms with Gasteiger partial charge in [-0.3, -0.25) is 34.1 Å². The van der Waals surface area contributed by atoms with Gasteiger partial charge in [0.1, 0.15) is 5.70 Å². The van der Waals surface area contributed by atoms with Crippen molar-refractivity contribution in [3.05, 3.63) is 171 Å². The van der Waals surface area contributed by atoms with Crippen molar-refractivity contribution < 1.29 is 28.9 Å². The Hall–Kier alpha value is -6.66. The first kappa shape index (κ1) is 34.2. The number of hydrogen-bond donors (Lipinski definition) is 3. The first-order chi connectivity index (χ1) is 24.6. The van der Waals surface area contributed by atoms with E-state index in [1.54, 1.807) is 104 Å². The van der Waals surface area contributed by atoms with Crippen molar-refractivity contribution >= 4 is 64.2 Å². The van der Waals surface area contributed by atoms with Crippen molar-refractivity contribution in [3.8, 4) is 0 Å². The molecule has 0 saturated heterocycles. The molecule has 1 aliphatic rings. The van der Waals surface area contributed by atoms with Crippen LogP contribution in [0.3, 0.4) is 0 Å². The molecule has 51 heavy (non-hydrogen) atoms. The molecule has 5 aromatic carbocycles. The number of benzene rings is 5. The minimum atomic E-state index is -0.632. The molecule has 6 rings (SSSR count). The molecule has 3 N–H and O–H groups in total. The third-order valence-corrected chi connectivity index (χ3v) is 9.06. The highest BCUT2D eigenvalue weighted by Crippen LogP contribution is 2.33. The van der Waals surface area contributed by atoms with Crippen LogP contribution in [0.4, 0.5) is 17.1 Å². The van der Waals surface area contributed by atoms with Gasteiger partial charge in [0, 0.05) is 45.0 Å². The predicted molar refractivity (Wildman–Crippen MR) is 194 cm³/mol. The summed E-state index contributed by atoms with van der Waals surface area (Å²) in [4.78, 5) is 77.2. The number of nitro benzene ring substituents is 1. The Morgan fingerprint density at radius 3 is 2.02 bits per heavy atom. The number of fused-ring (bicyclic) bond motifs is 2. The second-order valence-corrected chi connectivity index (χ2v) is 12.8. The number of hydrogen-bond acceptors (Lipinski definition) is 8. The highest BCUT2D eigenvalue weighted by atomic mass is 32.2. The number of carbonyl (C=O) groups excluding carboxylic acids is 5. The van der Waals surface area contributed by atoms with Crippen LogP contribution in [0.2, 0.25) is 0 Å². The van der Waals surface area contributed by atoms with Crippen LogP contribution in [-0.2, 0) is 9.59 Å². The van der Waals surface area contributed by atoms with Gasteiger partial charge >= 0.3 is 0 Å². The van der Waals surface area contributed by atoms with Gasteiger partial charge in [0.25, 0.3) is 17.5 Å². The molecule has 0 bridgehead atoms. The van der Waals surface area contributed by atoms with Gasteiger partial charge in [0.15, 0.2) is 11.6 Å². The highest BCUT2D eigenvalue weighted by molar-refractivity contribution is 8.00. The first-order valence-corrected chi connectivity index (χ1v) is 16.5. The van der Waals surface area contributed by atoms with Gasteiger partial charge in [-0.05, 0) is 73.2 Å². The van der Waals surface area contributed by atoms with Crippen LogP contribution in [0.5, 0.6) is 0 Å². The van der Waals surface area contributed by atoms with E-state index in [9.17, 15) is 34.1 Å². The Bertz CT molecular complexity index is 2230. The molecule has 252 valence electrons. The molecule has 0 saturated carbocycles. The first-order valence-electron chi connectivity index (χ1n) is 15.6. The van der Waals surface area contributed by atoms with Crippen molar-refractivity contribution in [2.24, 2.45) is 0 Å². The molecule has 1 atom stereocenters. The summed E-state index contributed by atoms with van der Waals surface area (Å²) in [5, 5.41) is 18.7. The largest absolute Gasteiger partial charge is 0.324 e. The second kappa shape index (κ2) is 14.8. The van der Waals surface area contributed by atoms with Gasteiger partial charge in [0.05, 0.1) is 21.4 Å².